The molecule has 1 heterocycles. The molecule has 1 aliphatic heterocycles. The van der Waals surface area contributed by atoms with Gasteiger partial charge in [-0.3, -0.25) is 4.79 Å². The van der Waals surface area contributed by atoms with Gasteiger partial charge in [0.2, 0.25) is 5.91 Å². The van der Waals surface area contributed by atoms with Gasteiger partial charge in [-0.15, -0.1) is 0 Å². The molecule has 0 spiro atoms. The van der Waals surface area contributed by atoms with Crippen LogP contribution in [0.2, 0.25) is 0 Å². The first-order valence-corrected chi connectivity index (χ1v) is 4.95. The van der Waals surface area contributed by atoms with Crippen LogP contribution in [-0.4, -0.2) is 23.9 Å². The number of piperidine rings is 1. The lowest BCUT2D eigenvalue weighted by Crippen LogP contribution is -2.42. The van der Waals surface area contributed by atoms with E-state index in [4.69, 9.17) is 0 Å². The maximum absolute atomic E-state index is 11.7. The van der Waals surface area contributed by atoms with Crippen LogP contribution in [0.5, 0.6) is 0 Å². The summed E-state index contributed by atoms with van der Waals surface area (Å²) in [5.41, 5.74) is 0. The third-order valence-corrected chi connectivity index (χ3v) is 2.76. The van der Waals surface area contributed by atoms with Gasteiger partial charge in [0.05, 0.1) is 0 Å². The lowest BCUT2D eigenvalue weighted by atomic mass is 9.87. The van der Waals surface area contributed by atoms with E-state index in [2.05, 4.69) is 20.8 Å². The number of hydrogen-bond donors (Lipinski definition) is 0. The number of likely N-dealkylation sites (tertiary alicyclic amines) is 1. The van der Waals surface area contributed by atoms with Gasteiger partial charge in [0, 0.05) is 19.0 Å². The second-order valence-corrected chi connectivity index (χ2v) is 3.91. The summed E-state index contributed by atoms with van der Waals surface area (Å²) in [7, 11) is 0. The predicted octanol–water partition coefficient (Wildman–Crippen LogP) is 1.90. The molecular formula is C10H19NO. The smallest absolute Gasteiger partial charge is 0.225 e. The van der Waals surface area contributed by atoms with Crippen LogP contribution in [0.25, 0.3) is 0 Å². The lowest BCUT2D eigenvalue weighted by Gasteiger charge is -2.33. The van der Waals surface area contributed by atoms with Crippen LogP contribution in [0.1, 0.15) is 33.6 Å². The van der Waals surface area contributed by atoms with Gasteiger partial charge in [0.15, 0.2) is 0 Å². The molecule has 0 aromatic rings. The highest BCUT2D eigenvalue weighted by atomic mass is 16.2. The average molecular weight is 169 g/mol. The van der Waals surface area contributed by atoms with Crippen molar-refractivity contribution in [3.05, 3.63) is 0 Å². The van der Waals surface area contributed by atoms with Crippen LogP contribution in [0.15, 0.2) is 0 Å². The van der Waals surface area contributed by atoms with Crippen molar-refractivity contribution in [2.45, 2.75) is 33.6 Å². The van der Waals surface area contributed by atoms with Gasteiger partial charge in [0.25, 0.3) is 0 Å². The number of nitrogens with zero attached hydrogens (tertiary/aromatic N) is 1. The van der Waals surface area contributed by atoms with Crippen molar-refractivity contribution in [3.63, 3.8) is 0 Å². The molecule has 0 unspecified atom stereocenters. The van der Waals surface area contributed by atoms with Gasteiger partial charge in [-0.05, 0) is 25.7 Å². The minimum absolute atomic E-state index is 0.290. The van der Waals surface area contributed by atoms with Crippen LogP contribution in [0.3, 0.4) is 0 Å². The van der Waals surface area contributed by atoms with E-state index >= 15 is 0 Å². The van der Waals surface area contributed by atoms with E-state index in [-0.39, 0.29) is 0 Å². The molecule has 0 aromatic carbocycles. The number of carbonyl (C=O) groups excluding carboxylic acids is 1. The minimum atomic E-state index is 0.290. The highest BCUT2D eigenvalue weighted by Crippen LogP contribution is 2.24. The van der Waals surface area contributed by atoms with Crippen molar-refractivity contribution in [2.75, 3.05) is 13.1 Å². The summed E-state index contributed by atoms with van der Waals surface area (Å²) in [6.45, 7) is 8.19. The van der Waals surface area contributed by atoms with E-state index in [1.807, 2.05) is 4.90 Å². The van der Waals surface area contributed by atoms with Crippen LogP contribution in [-0.2, 0) is 4.79 Å². The zero-order valence-corrected chi connectivity index (χ0v) is 8.34. The molecule has 1 fully saturated rings. The molecule has 1 amide bonds. The molecule has 0 bridgehead atoms. The summed E-state index contributed by atoms with van der Waals surface area (Å²) >= 11 is 0. The topological polar surface area (TPSA) is 20.3 Å². The summed E-state index contributed by atoms with van der Waals surface area (Å²) < 4.78 is 0. The van der Waals surface area contributed by atoms with E-state index in [0.29, 0.717) is 17.7 Å². The first-order chi connectivity index (χ1) is 5.66. The highest BCUT2D eigenvalue weighted by molar-refractivity contribution is 5.79. The third-order valence-electron chi connectivity index (χ3n) is 2.76. The van der Waals surface area contributed by atoms with Crippen molar-refractivity contribution >= 4 is 5.91 Å². The summed E-state index contributed by atoms with van der Waals surface area (Å²) in [4.78, 5) is 13.7. The Balaban J connectivity index is 2.59. The Morgan fingerprint density at radius 3 is 2.75 bits per heavy atom. The summed E-state index contributed by atoms with van der Waals surface area (Å²) in [6, 6.07) is 0. The van der Waals surface area contributed by atoms with Gasteiger partial charge in [-0.25, -0.2) is 0 Å². The Kier molecular flexibility index (Phi) is 3.12. The quantitative estimate of drug-likeness (QED) is 0.618. The molecule has 1 rings (SSSR count). The zero-order chi connectivity index (χ0) is 9.14. The molecule has 2 nitrogen and oxygen atoms in total. The number of amides is 1. The van der Waals surface area contributed by atoms with Crippen LogP contribution in [0.4, 0.5) is 0 Å². The number of carbonyl (C=O) groups is 1. The molecule has 1 aliphatic rings. The highest BCUT2D eigenvalue weighted by Gasteiger charge is 2.29. The van der Waals surface area contributed by atoms with E-state index in [1.54, 1.807) is 0 Å². The molecule has 70 valence electrons. The third kappa shape index (κ3) is 1.79. The first-order valence-electron chi connectivity index (χ1n) is 4.95. The van der Waals surface area contributed by atoms with Crippen LogP contribution < -0.4 is 0 Å². The van der Waals surface area contributed by atoms with Gasteiger partial charge >= 0.3 is 0 Å². The number of rotatable bonds is 2. The van der Waals surface area contributed by atoms with Crippen molar-refractivity contribution < 1.29 is 4.79 Å². The van der Waals surface area contributed by atoms with Gasteiger partial charge in [-0.1, -0.05) is 13.8 Å². The summed E-state index contributed by atoms with van der Waals surface area (Å²) in [5, 5.41) is 0. The zero-order valence-electron chi connectivity index (χ0n) is 8.34. The predicted molar refractivity (Wildman–Crippen MR) is 49.8 cm³/mol. The fourth-order valence-electron chi connectivity index (χ4n) is 1.90. The SMILES string of the molecule is CCN1CCC[C@@H](C(C)C)C1=O. The molecule has 1 atom stereocenters. The summed E-state index contributed by atoms with van der Waals surface area (Å²) in [5.74, 6) is 1.17. The molecule has 0 saturated carbocycles. The molecule has 2 heteroatoms. The van der Waals surface area contributed by atoms with E-state index in [9.17, 15) is 4.79 Å². The molecule has 0 aliphatic carbocycles. The van der Waals surface area contributed by atoms with Crippen LogP contribution in [0, 0.1) is 11.8 Å². The largest absolute Gasteiger partial charge is 0.343 e. The normalized spacial score (nSPS) is 25.2. The minimum Gasteiger partial charge on any atom is -0.343 e. The Morgan fingerprint density at radius 1 is 1.58 bits per heavy atom. The second-order valence-electron chi connectivity index (χ2n) is 3.91. The van der Waals surface area contributed by atoms with E-state index < -0.39 is 0 Å². The monoisotopic (exact) mass is 169 g/mol. The number of hydrogen-bond acceptors (Lipinski definition) is 1. The Morgan fingerprint density at radius 2 is 2.25 bits per heavy atom. The van der Waals surface area contributed by atoms with Gasteiger partial charge < -0.3 is 4.90 Å². The maximum Gasteiger partial charge on any atom is 0.225 e. The van der Waals surface area contributed by atoms with Gasteiger partial charge in [-0.2, -0.15) is 0 Å². The standard InChI is InChI=1S/C10H19NO/c1-4-11-7-5-6-9(8(2)3)10(11)12/h8-9H,4-7H2,1-3H3/t9-/m0/s1. The molecule has 0 aromatic heterocycles. The first kappa shape index (κ1) is 9.56. The van der Waals surface area contributed by atoms with Crippen LogP contribution >= 0.6 is 0 Å². The average Bonchev–Trinajstić information content (AvgIpc) is 2.04. The van der Waals surface area contributed by atoms with E-state index in [1.165, 1.54) is 6.42 Å². The summed E-state index contributed by atoms with van der Waals surface area (Å²) in [6.07, 6.45) is 2.27. The van der Waals surface area contributed by atoms with Gasteiger partial charge in [0.1, 0.15) is 0 Å². The second kappa shape index (κ2) is 3.92. The molecule has 1 saturated heterocycles. The fourth-order valence-corrected chi connectivity index (χ4v) is 1.90. The fraction of sp³-hybridized carbons (Fsp3) is 0.900. The van der Waals surface area contributed by atoms with E-state index in [0.717, 1.165) is 19.5 Å². The molecule has 12 heavy (non-hydrogen) atoms. The maximum atomic E-state index is 11.7. The molecular weight excluding hydrogens is 150 g/mol. The molecule has 0 N–H and O–H groups in total. The Bertz CT molecular complexity index is 165. The Hall–Kier alpha value is -0.530. The van der Waals surface area contributed by atoms with Crippen molar-refractivity contribution in [2.24, 2.45) is 11.8 Å². The van der Waals surface area contributed by atoms with Crippen molar-refractivity contribution in [3.8, 4) is 0 Å². The van der Waals surface area contributed by atoms with Crippen molar-refractivity contribution in [1.29, 1.82) is 0 Å². The Labute approximate surface area is 74.9 Å². The lowest BCUT2D eigenvalue weighted by molar-refractivity contribution is -0.139. The molecule has 0 radical (unpaired) electrons. The van der Waals surface area contributed by atoms with Crippen molar-refractivity contribution in [1.82, 2.24) is 4.90 Å².